The molecular weight excluding hydrogens is 686 g/mol. The summed E-state index contributed by atoms with van der Waals surface area (Å²) < 4.78 is 35.7. The van der Waals surface area contributed by atoms with E-state index >= 15 is 0 Å². The van der Waals surface area contributed by atoms with Gasteiger partial charge >= 0.3 is 0 Å². The molecule has 10 nitrogen and oxygen atoms in total. The van der Waals surface area contributed by atoms with E-state index in [4.69, 9.17) is 21.1 Å². The van der Waals surface area contributed by atoms with Crippen molar-refractivity contribution in [1.29, 1.82) is 0 Å². The SMILES string of the molecule is CCn1nccc1CCC(=O)NS1(=O)=NC(=O)c2ccc3c(c2)N(C[C@@H]2CC[C@H]2[C@@H](OC)/C=C/CCC1)C[C@@]1(CCCc2cc(Cl)ccc21)CO3. The predicted molar refractivity (Wildman–Crippen MR) is 200 cm³/mol. The second-order valence-electron chi connectivity index (χ2n) is 14.5. The Hall–Kier alpha value is -3.67. The summed E-state index contributed by atoms with van der Waals surface area (Å²) in [5, 5.41) is 5.02. The third-order valence-electron chi connectivity index (χ3n) is 11.2. The summed E-state index contributed by atoms with van der Waals surface area (Å²) in [6.45, 7) is 4.71. The Balaban J connectivity index is 1.23. The maximum Gasteiger partial charge on any atom is 0.286 e. The van der Waals surface area contributed by atoms with E-state index in [9.17, 15) is 13.8 Å². The number of amides is 2. The van der Waals surface area contributed by atoms with Crippen LogP contribution < -0.4 is 14.4 Å². The van der Waals surface area contributed by atoms with Gasteiger partial charge in [-0.15, -0.1) is 4.36 Å². The third-order valence-corrected chi connectivity index (χ3v) is 13.3. The van der Waals surface area contributed by atoms with E-state index in [0.29, 0.717) is 55.6 Å². The Labute approximate surface area is 306 Å². The van der Waals surface area contributed by atoms with Gasteiger partial charge < -0.3 is 14.4 Å². The number of nitrogens with one attached hydrogen (secondary N) is 1. The summed E-state index contributed by atoms with van der Waals surface area (Å²) in [4.78, 5) is 29.5. The van der Waals surface area contributed by atoms with Crippen molar-refractivity contribution in [3.05, 3.63) is 88.2 Å². The standard InChI is InChI=1S/C39H48ClN5O5S/c1-3-45-31(18-20-41-45)13-17-37(46)42-51(48)21-6-4-5-9-35(49-2)32-14-10-29(32)24-44-25-39(19-7-8-27-22-30(40)12-15-33(27)39)26-50-36-16-11-28(23-34(36)44)38(47)43-51/h5,9,11-12,15-16,18,20,22-23,29,32,35H,3-4,6-8,10,13-14,17,19,21,24-26H2,1-2H3,(H,42,43,46,47,48)/b9-5+/t29-,32+,35-,39-,51?/m0/s1. The summed E-state index contributed by atoms with van der Waals surface area (Å²) in [6.07, 6.45) is 12.7. The highest BCUT2D eigenvalue weighted by atomic mass is 35.5. The normalized spacial score (nSPS) is 28.3. The van der Waals surface area contributed by atoms with Crippen LogP contribution >= 0.6 is 11.6 Å². The van der Waals surface area contributed by atoms with Crippen LogP contribution in [0.1, 0.15) is 79.0 Å². The molecule has 1 unspecified atom stereocenters. The highest BCUT2D eigenvalue weighted by Crippen LogP contribution is 2.47. The van der Waals surface area contributed by atoms with Gasteiger partial charge in [-0.25, -0.2) is 4.21 Å². The summed E-state index contributed by atoms with van der Waals surface area (Å²) in [5.74, 6) is 0.488. The van der Waals surface area contributed by atoms with Crippen molar-refractivity contribution >= 4 is 39.0 Å². The van der Waals surface area contributed by atoms with Crippen LogP contribution in [-0.4, -0.2) is 64.5 Å². The minimum Gasteiger partial charge on any atom is -0.490 e. The molecule has 1 aromatic heterocycles. The summed E-state index contributed by atoms with van der Waals surface area (Å²) in [7, 11) is -1.65. The molecule has 1 spiro atoms. The lowest BCUT2D eigenvalue weighted by Crippen LogP contribution is -2.49. The molecule has 3 aromatic rings. The lowest BCUT2D eigenvalue weighted by molar-refractivity contribution is -0.119. The molecule has 2 aromatic carbocycles. The minimum atomic E-state index is -3.42. The molecule has 2 amide bonds. The molecule has 0 radical (unpaired) electrons. The molecule has 272 valence electrons. The first-order valence-corrected chi connectivity index (χ1v) is 20.4. The number of methoxy groups -OCH3 is 1. The third kappa shape index (κ3) is 7.62. The van der Waals surface area contributed by atoms with Gasteiger partial charge in [0.1, 0.15) is 15.7 Å². The number of rotatable bonds is 6. The predicted octanol–water partition coefficient (Wildman–Crippen LogP) is 6.69. The van der Waals surface area contributed by atoms with Crippen LogP contribution in [0.15, 0.2) is 65.2 Å². The lowest BCUT2D eigenvalue weighted by Gasteiger charge is -2.46. The minimum absolute atomic E-state index is 0.0379. The van der Waals surface area contributed by atoms with Crippen LogP contribution in [0.4, 0.5) is 5.69 Å². The van der Waals surface area contributed by atoms with Crippen molar-refractivity contribution in [2.75, 3.05) is 37.5 Å². The van der Waals surface area contributed by atoms with Crippen molar-refractivity contribution in [1.82, 2.24) is 14.5 Å². The highest BCUT2D eigenvalue weighted by Gasteiger charge is 2.44. The number of allylic oxidation sites excluding steroid dienone is 1. The van der Waals surface area contributed by atoms with Gasteiger partial charge in [-0.05, 0) is 118 Å². The molecule has 12 heteroatoms. The van der Waals surface area contributed by atoms with E-state index in [1.807, 2.05) is 35.9 Å². The average molecular weight is 734 g/mol. The van der Waals surface area contributed by atoms with E-state index in [0.717, 1.165) is 61.6 Å². The van der Waals surface area contributed by atoms with Gasteiger partial charge in [0.15, 0.2) is 0 Å². The zero-order chi connectivity index (χ0) is 35.6. The molecule has 5 atom stereocenters. The number of aryl methyl sites for hydroxylation is 3. The second kappa shape index (κ2) is 15.1. The largest absolute Gasteiger partial charge is 0.490 e. The molecule has 3 heterocycles. The highest BCUT2D eigenvalue weighted by molar-refractivity contribution is 7.92. The van der Waals surface area contributed by atoms with Gasteiger partial charge in [0.2, 0.25) is 5.91 Å². The van der Waals surface area contributed by atoms with E-state index < -0.39 is 21.7 Å². The fraction of sp³-hybridized carbons (Fsp3) is 0.513. The van der Waals surface area contributed by atoms with E-state index in [2.05, 4.69) is 43.4 Å². The lowest BCUT2D eigenvalue weighted by atomic mass is 9.68. The molecule has 0 saturated heterocycles. The van der Waals surface area contributed by atoms with Crippen molar-refractivity contribution in [3.8, 4) is 5.75 Å². The van der Waals surface area contributed by atoms with Gasteiger partial charge in [-0.1, -0.05) is 29.8 Å². The number of ether oxygens (including phenoxy) is 2. The Kier molecular flexibility index (Phi) is 10.6. The molecule has 2 aliphatic heterocycles. The number of hydrogen-bond donors (Lipinski definition) is 1. The number of carbonyl (C=O) groups excluding carboxylic acids is 2. The molecule has 2 bridgehead atoms. The molecule has 51 heavy (non-hydrogen) atoms. The number of nitrogens with zero attached hydrogens (tertiary/aromatic N) is 4. The van der Waals surface area contributed by atoms with Crippen LogP contribution in [0.25, 0.3) is 0 Å². The number of anilines is 1. The fourth-order valence-electron chi connectivity index (χ4n) is 8.44. The van der Waals surface area contributed by atoms with Gasteiger partial charge in [0.25, 0.3) is 5.91 Å². The number of fused-ring (bicyclic) bond motifs is 4. The summed E-state index contributed by atoms with van der Waals surface area (Å²) in [5.41, 5.74) is 4.36. The molecule has 4 aliphatic rings. The molecule has 1 saturated carbocycles. The monoisotopic (exact) mass is 733 g/mol. The topological polar surface area (TPSA) is 115 Å². The Morgan fingerprint density at radius 3 is 2.86 bits per heavy atom. The molecule has 7 rings (SSSR count). The smallest absolute Gasteiger partial charge is 0.286 e. The first-order valence-electron chi connectivity index (χ1n) is 18.3. The number of carbonyl (C=O) groups is 2. The van der Waals surface area contributed by atoms with Gasteiger partial charge in [-0.2, -0.15) is 5.10 Å². The Morgan fingerprint density at radius 1 is 1.18 bits per heavy atom. The van der Waals surface area contributed by atoms with Crippen LogP contribution in [0.3, 0.4) is 0 Å². The Bertz CT molecular complexity index is 1940. The van der Waals surface area contributed by atoms with Crippen molar-refractivity contribution in [2.24, 2.45) is 16.2 Å². The molecular formula is C39H48ClN5O5S. The van der Waals surface area contributed by atoms with Crippen molar-refractivity contribution < 1.29 is 23.3 Å². The van der Waals surface area contributed by atoms with Crippen molar-refractivity contribution in [2.45, 2.75) is 82.8 Å². The van der Waals surface area contributed by atoms with E-state index in [1.165, 1.54) is 11.1 Å². The maximum atomic E-state index is 14.3. The van der Waals surface area contributed by atoms with Gasteiger partial charge in [-0.3, -0.25) is 19.0 Å². The molecule has 2 aliphatic carbocycles. The number of aromatic nitrogens is 2. The zero-order valence-corrected chi connectivity index (χ0v) is 31.1. The first-order chi connectivity index (χ1) is 24.7. The van der Waals surface area contributed by atoms with Crippen LogP contribution in [0.5, 0.6) is 5.75 Å². The molecule has 1 fully saturated rings. The maximum absolute atomic E-state index is 14.3. The summed E-state index contributed by atoms with van der Waals surface area (Å²) >= 11 is 6.45. The first kappa shape index (κ1) is 35.7. The quantitative estimate of drug-likeness (QED) is 0.281. The number of hydrogen-bond acceptors (Lipinski definition) is 7. The van der Waals surface area contributed by atoms with Gasteiger partial charge in [0.05, 0.1) is 24.2 Å². The van der Waals surface area contributed by atoms with Gasteiger partial charge in [0, 0.05) is 61.1 Å². The van der Waals surface area contributed by atoms with E-state index in [-0.39, 0.29) is 23.7 Å². The van der Waals surface area contributed by atoms with E-state index in [1.54, 1.807) is 19.4 Å². The van der Waals surface area contributed by atoms with Crippen LogP contribution in [-0.2, 0) is 44.2 Å². The second-order valence-corrected chi connectivity index (χ2v) is 17.0. The zero-order valence-electron chi connectivity index (χ0n) is 29.5. The number of benzene rings is 2. The summed E-state index contributed by atoms with van der Waals surface area (Å²) in [6, 6.07) is 13.5. The molecule has 1 N–H and O–H groups in total. The number of halogens is 1. The van der Waals surface area contributed by atoms with Crippen molar-refractivity contribution in [3.63, 3.8) is 0 Å². The van der Waals surface area contributed by atoms with Crippen LogP contribution in [0, 0.1) is 11.8 Å². The fourth-order valence-corrected chi connectivity index (χ4v) is 10.3. The average Bonchev–Trinajstić information content (AvgIpc) is 3.51. The Morgan fingerprint density at radius 2 is 2.06 bits per heavy atom. The van der Waals surface area contributed by atoms with Crippen LogP contribution in [0.2, 0.25) is 5.02 Å².